The lowest BCUT2D eigenvalue weighted by atomic mass is 10.1. The van der Waals surface area contributed by atoms with E-state index in [0.29, 0.717) is 13.2 Å². The summed E-state index contributed by atoms with van der Waals surface area (Å²) in [6, 6.07) is 29.9. The molecule has 0 saturated carbocycles. The molecule has 6 rings (SSSR count). The summed E-state index contributed by atoms with van der Waals surface area (Å²) >= 11 is 0. The van der Waals surface area contributed by atoms with Crippen molar-refractivity contribution in [2.45, 2.75) is 12.8 Å². The van der Waals surface area contributed by atoms with Crippen LogP contribution in [-0.4, -0.2) is 13.2 Å². The fourth-order valence-corrected chi connectivity index (χ4v) is 4.83. The van der Waals surface area contributed by atoms with E-state index in [1.54, 1.807) is 0 Å². The van der Waals surface area contributed by atoms with E-state index in [-0.39, 0.29) is 0 Å². The van der Waals surface area contributed by atoms with Crippen molar-refractivity contribution in [2.24, 2.45) is 0 Å². The molecular weight excluding hydrogens is 368 g/mol. The summed E-state index contributed by atoms with van der Waals surface area (Å²) in [5, 5.41) is 0. The van der Waals surface area contributed by atoms with Crippen molar-refractivity contribution in [3.63, 3.8) is 0 Å². The van der Waals surface area contributed by atoms with Gasteiger partial charge < -0.3 is 9.47 Å². The van der Waals surface area contributed by atoms with Crippen LogP contribution in [-0.2, 0) is 12.8 Å². The number of hydrogen-bond donors (Lipinski definition) is 0. The van der Waals surface area contributed by atoms with Gasteiger partial charge in [0.1, 0.15) is 24.7 Å². The van der Waals surface area contributed by atoms with Crippen LogP contribution in [0.1, 0.15) is 22.3 Å². The van der Waals surface area contributed by atoms with E-state index in [4.69, 9.17) is 9.47 Å². The van der Waals surface area contributed by atoms with Crippen LogP contribution >= 0.6 is 0 Å². The minimum Gasteiger partial charge on any atom is -0.490 e. The third-order valence-corrected chi connectivity index (χ3v) is 6.21. The monoisotopic (exact) mass is 390 g/mol. The zero-order valence-corrected chi connectivity index (χ0v) is 16.7. The average Bonchev–Trinajstić information content (AvgIpc) is 3.36. The van der Waals surface area contributed by atoms with Gasteiger partial charge in [0.15, 0.2) is 0 Å². The number of ether oxygens (including phenoxy) is 2. The second-order valence-corrected chi connectivity index (χ2v) is 7.93. The molecule has 2 heteroatoms. The summed E-state index contributed by atoms with van der Waals surface area (Å²) in [6.07, 6.45) is 1.87. The Labute approximate surface area is 176 Å². The molecule has 0 heterocycles. The van der Waals surface area contributed by atoms with Crippen LogP contribution in [0.4, 0.5) is 0 Å². The Kier molecular flexibility index (Phi) is 4.09. The predicted molar refractivity (Wildman–Crippen MR) is 120 cm³/mol. The second kappa shape index (κ2) is 7.07. The SMILES string of the molecule is c1ccc2c(c1)Cc1c(OCCOc3cccc4c3Cc3ccccc3-4)cccc1-2. The minimum absolute atomic E-state index is 0.531. The van der Waals surface area contributed by atoms with Gasteiger partial charge in [0, 0.05) is 24.0 Å². The Morgan fingerprint density at radius 2 is 0.900 bits per heavy atom. The molecule has 0 bridgehead atoms. The molecule has 2 aliphatic carbocycles. The standard InChI is InChI=1S/C28H22O2/c1-3-9-21-19(7-1)17-25-23(21)11-5-13-27(25)29-15-16-30-28-14-6-12-24-22-10-4-2-8-20(22)18-26(24)28/h1-14H,15-18H2. The van der Waals surface area contributed by atoms with Gasteiger partial charge in [-0.25, -0.2) is 0 Å². The first-order chi connectivity index (χ1) is 14.9. The summed E-state index contributed by atoms with van der Waals surface area (Å²) in [7, 11) is 0. The van der Waals surface area contributed by atoms with Crippen LogP contribution in [0.15, 0.2) is 84.9 Å². The highest BCUT2D eigenvalue weighted by atomic mass is 16.5. The van der Waals surface area contributed by atoms with Crippen LogP contribution in [0, 0.1) is 0 Å². The molecular formula is C28H22O2. The quantitative estimate of drug-likeness (QED) is 0.322. The molecule has 0 saturated heterocycles. The average molecular weight is 390 g/mol. The summed E-state index contributed by atoms with van der Waals surface area (Å²) in [5.41, 5.74) is 10.6. The number of fused-ring (bicyclic) bond motifs is 6. The molecule has 30 heavy (non-hydrogen) atoms. The normalized spacial score (nSPS) is 12.7. The first-order valence-electron chi connectivity index (χ1n) is 10.5. The smallest absolute Gasteiger partial charge is 0.123 e. The van der Waals surface area contributed by atoms with Gasteiger partial charge in [-0.15, -0.1) is 0 Å². The largest absolute Gasteiger partial charge is 0.490 e. The molecule has 0 amide bonds. The van der Waals surface area contributed by atoms with E-state index in [1.807, 2.05) is 0 Å². The van der Waals surface area contributed by atoms with Crippen molar-refractivity contribution in [3.05, 3.63) is 107 Å². The first-order valence-corrected chi connectivity index (χ1v) is 10.5. The third-order valence-electron chi connectivity index (χ3n) is 6.21. The molecule has 0 spiro atoms. The molecule has 4 aromatic carbocycles. The Morgan fingerprint density at radius 3 is 1.40 bits per heavy atom. The molecule has 2 aliphatic rings. The highest BCUT2D eigenvalue weighted by Gasteiger charge is 2.22. The van der Waals surface area contributed by atoms with Gasteiger partial charge in [0.2, 0.25) is 0 Å². The van der Waals surface area contributed by atoms with Crippen LogP contribution in [0.2, 0.25) is 0 Å². The van der Waals surface area contributed by atoms with Gasteiger partial charge in [-0.3, -0.25) is 0 Å². The molecule has 4 aromatic rings. The molecule has 0 unspecified atom stereocenters. The van der Waals surface area contributed by atoms with Crippen molar-refractivity contribution >= 4 is 0 Å². The Morgan fingerprint density at radius 1 is 0.467 bits per heavy atom. The van der Waals surface area contributed by atoms with E-state index in [9.17, 15) is 0 Å². The van der Waals surface area contributed by atoms with E-state index in [1.165, 1.54) is 44.5 Å². The first kappa shape index (κ1) is 17.3. The minimum atomic E-state index is 0.531. The van der Waals surface area contributed by atoms with E-state index >= 15 is 0 Å². The molecule has 146 valence electrons. The van der Waals surface area contributed by atoms with Crippen molar-refractivity contribution in [1.29, 1.82) is 0 Å². The number of hydrogen-bond acceptors (Lipinski definition) is 2. The van der Waals surface area contributed by atoms with Crippen LogP contribution in [0.5, 0.6) is 11.5 Å². The van der Waals surface area contributed by atoms with Gasteiger partial charge in [-0.1, -0.05) is 72.8 Å². The van der Waals surface area contributed by atoms with E-state index < -0.39 is 0 Å². The van der Waals surface area contributed by atoms with Gasteiger partial charge in [0.05, 0.1) is 0 Å². The van der Waals surface area contributed by atoms with Crippen LogP contribution < -0.4 is 9.47 Å². The van der Waals surface area contributed by atoms with Gasteiger partial charge in [-0.2, -0.15) is 0 Å². The summed E-state index contributed by atoms with van der Waals surface area (Å²) < 4.78 is 12.3. The van der Waals surface area contributed by atoms with Gasteiger partial charge in [-0.05, 0) is 45.5 Å². The highest BCUT2D eigenvalue weighted by Crippen LogP contribution is 2.42. The third kappa shape index (κ3) is 2.80. The maximum Gasteiger partial charge on any atom is 0.123 e. The second-order valence-electron chi connectivity index (χ2n) is 7.93. The number of rotatable bonds is 5. The summed E-state index contributed by atoms with van der Waals surface area (Å²) in [5.74, 6) is 1.94. The number of benzene rings is 4. The topological polar surface area (TPSA) is 18.5 Å². The van der Waals surface area contributed by atoms with Gasteiger partial charge >= 0.3 is 0 Å². The lowest BCUT2D eigenvalue weighted by molar-refractivity contribution is 0.215. The molecule has 0 atom stereocenters. The van der Waals surface area contributed by atoms with E-state index in [0.717, 1.165) is 24.3 Å². The van der Waals surface area contributed by atoms with E-state index in [2.05, 4.69) is 84.9 Å². The molecule has 0 fully saturated rings. The molecule has 0 radical (unpaired) electrons. The molecule has 0 aliphatic heterocycles. The van der Waals surface area contributed by atoms with Crippen molar-refractivity contribution < 1.29 is 9.47 Å². The summed E-state index contributed by atoms with van der Waals surface area (Å²) in [6.45, 7) is 1.06. The maximum atomic E-state index is 6.16. The fraction of sp³-hybridized carbons (Fsp3) is 0.143. The molecule has 0 N–H and O–H groups in total. The van der Waals surface area contributed by atoms with Gasteiger partial charge in [0.25, 0.3) is 0 Å². The van der Waals surface area contributed by atoms with Crippen LogP contribution in [0.25, 0.3) is 22.3 Å². The fourth-order valence-electron chi connectivity index (χ4n) is 4.83. The van der Waals surface area contributed by atoms with Crippen molar-refractivity contribution in [2.75, 3.05) is 13.2 Å². The highest BCUT2D eigenvalue weighted by molar-refractivity contribution is 5.79. The zero-order chi connectivity index (χ0) is 19.9. The van der Waals surface area contributed by atoms with Crippen molar-refractivity contribution in [3.8, 4) is 33.8 Å². The lowest BCUT2D eigenvalue weighted by Crippen LogP contribution is -2.10. The van der Waals surface area contributed by atoms with Crippen LogP contribution in [0.3, 0.4) is 0 Å². The lowest BCUT2D eigenvalue weighted by Gasteiger charge is -2.13. The molecule has 2 nitrogen and oxygen atoms in total. The maximum absolute atomic E-state index is 6.16. The Balaban J connectivity index is 1.15. The van der Waals surface area contributed by atoms with Crippen molar-refractivity contribution in [1.82, 2.24) is 0 Å². The Bertz CT molecular complexity index is 1160. The Hall–Kier alpha value is -3.52. The zero-order valence-electron chi connectivity index (χ0n) is 16.7. The predicted octanol–water partition coefficient (Wildman–Crippen LogP) is 6.29. The molecule has 0 aromatic heterocycles. The summed E-state index contributed by atoms with van der Waals surface area (Å²) in [4.78, 5) is 0.